The number of nitrogens with one attached hydrogen (secondary N) is 1. The zero-order valence-electron chi connectivity index (χ0n) is 16.2. The number of rotatable bonds is 5. The van der Waals surface area contributed by atoms with Crippen molar-refractivity contribution in [3.8, 4) is 5.69 Å². The number of hydrogen-bond donors (Lipinski definition) is 1. The molecule has 9 nitrogen and oxygen atoms in total. The summed E-state index contributed by atoms with van der Waals surface area (Å²) >= 11 is 0. The Labute approximate surface area is 165 Å². The maximum Gasteiger partial charge on any atom is 0.336 e. The van der Waals surface area contributed by atoms with E-state index in [4.69, 9.17) is 0 Å². The number of nitro benzene ring substituents is 1. The Morgan fingerprint density at radius 1 is 1.17 bits per heavy atom. The van der Waals surface area contributed by atoms with E-state index in [-0.39, 0.29) is 35.3 Å². The van der Waals surface area contributed by atoms with Crippen LogP contribution in [0.4, 0.5) is 5.69 Å². The molecule has 1 aromatic heterocycles. The zero-order valence-corrected chi connectivity index (χ0v) is 16.2. The van der Waals surface area contributed by atoms with E-state index in [2.05, 4.69) is 5.32 Å². The lowest BCUT2D eigenvalue weighted by Gasteiger charge is -2.15. The van der Waals surface area contributed by atoms with Gasteiger partial charge in [0.2, 0.25) is 5.91 Å². The lowest BCUT2D eigenvalue weighted by atomic mass is 10.1. The summed E-state index contributed by atoms with van der Waals surface area (Å²) < 4.78 is 2.06. The van der Waals surface area contributed by atoms with E-state index in [9.17, 15) is 24.5 Å². The first-order chi connectivity index (χ1) is 13.7. The molecule has 0 bridgehead atoms. The minimum absolute atomic E-state index is 0.0654. The van der Waals surface area contributed by atoms with Crippen molar-refractivity contribution >= 4 is 22.5 Å². The van der Waals surface area contributed by atoms with Crippen LogP contribution in [0.15, 0.2) is 52.1 Å². The summed E-state index contributed by atoms with van der Waals surface area (Å²) in [5, 5.41) is 14.1. The number of benzene rings is 2. The summed E-state index contributed by atoms with van der Waals surface area (Å²) in [6.45, 7) is 5.11. The SMILES string of the molecule is Cc1ccc2c(c1)c(=O)n(-c1cccc([N+](=O)[O-])c1)c(=O)n2CC(=O)NC(C)C. The van der Waals surface area contributed by atoms with Crippen molar-refractivity contribution in [2.45, 2.75) is 33.4 Å². The van der Waals surface area contributed by atoms with Gasteiger partial charge in [0.25, 0.3) is 11.2 Å². The first kappa shape index (κ1) is 20.0. The van der Waals surface area contributed by atoms with Gasteiger partial charge < -0.3 is 5.32 Å². The van der Waals surface area contributed by atoms with Crippen LogP contribution in [0, 0.1) is 17.0 Å². The molecule has 0 atom stereocenters. The molecule has 0 saturated heterocycles. The van der Waals surface area contributed by atoms with Crippen molar-refractivity contribution < 1.29 is 9.72 Å². The van der Waals surface area contributed by atoms with Crippen LogP contribution >= 0.6 is 0 Å². The second-order valence-corrected chi connectivity index (χ2v) is 7.03. The van der Waals surface area contributed by atoms with Crippen LogP contribution in [0.2, 0.25) is 0 Å². The summed E-state index contributed by atoms with van der Waals surface area (Å²) in [7, 11) is 0. The highest BCUT2D eigenvalue weighted by Gasteiger charge is 2.18. The minimum Gasteiger partial charge on any atom is -0.352 e. The summed E-state index contributed by atoms with van der Waals surface area (Å²) in [6.07, 6.45) is 0. The molecular weight excluding hydrogens is 376 g/mol. The fourth-order valence-electron chi connectivity index (χ4n) is 3.13. The Hall–Kier alpha value is -3.75. The van der Waals surface area contributed by atoms with E-state index in [1.54, 1.807) is 39.0 Å². The van der Waals surface area contributed by atoms with E-state index >= 15 is 0 Å². The summed E-state index contributed by atoms with van der Waals surface area (Å²) in [5.41, 5.74) is -0.401. The van der Waals surface area contributed by atoms with Gasteiger partial charge in [-0.1, -0.05) is 17.7 Å². The molecule has 1 N–H and O–H groups in total. The predicted molar refractivity (Wildman–Crippen MR) is 108 cm³/mol. The van der Waals surface area contributed by atoms with Crippen molar-refractivity contribution in [1.29, 1.82) is 0 Å². The molecule has 1 heterocycles. The highest BCUT2D eigenvalue weighted by atomic mass is 16.6. The average molecular weight is 396 g/mol. The van der Waals surface area contributed by atoms with Gasteiger partial charge in [-0.05, 0) is 39.0 Å². The Kier molecular flexibility index (Phi) is 5.31. The number of aromatic nitrogens is 2. The summed E-state index contributed by atoms with van der Waals surface area (Å²) in [5.74, 6) is -0.381. The second-order valence-electron chi connectivity index (χ2n) is 7.03. The average Bonchev–Trinajstić information content (AvgIpc) is 2.65. The molecule has 1 amide bonds. The van der Waals surface area contributed by atoms with Gasteiger partial charge in [0, 0.05) is 18.2 Å². The van der Waals surface area contributed by atoms with Crippen molar-refractivity contribution in [3.63, 3.8) is 0 Å². The standard InChI is InChI=1S/C20H20N4O5/c1-12(2)21-18(25)11-22-17-8-7-13(3)9-16(17)19(26)23(20(22)27)14-5-4-6-15(10-14)24(28)29/h4-10,12H,11H2,1-3H3,(H,21,25). The number of nitro groups is 1. The summed E-state index contributed by atoms with van der Waals surface area (Å²) in [4.78, 5) is 49.1. The number of carbonyl (C=O) groups is 1. The van der Waals surface area contributed by atoms with Crippen molar-refractivity contribution in [2.75, 3.05) is 0 Å². The monoisotopic (exact) mass is 396 g/mol. The van der Waals surface area contributed by atoms with Crippen LogP contribution in [-0.2, 0) is 11.3 Å². The third-order valence-corrected chi connectivity index (χ3v) is 4.35. The maximum atomic E-state index is 13.2. The molecule has 0 radical (unpaired) electrons. The largest absolute Gasteiger partial charge is 0.352 e. The molecule has 0 aliphatic carbocycles. The fraction of sp³-hybridized carbons (Fsp3) is 0.250. The molecule has 0 aliphatic heterocycles. The molecule has 3 rings (SSSR count). The van der Waals surface area contributed by atoms with Gasteiger partial charge in [-0.25, -0.2) is 9.36 Å². The molecule has 0 saturated carbocycles. The molecule has 150 valence electrons. The van der Waals surface area contributed by atoms with Gasteiger partial charge in [0.05, 0.1) is 21.5 Å². The highest BCUT2D eigenvalue weighted by Crippen LogP contribution is 2.16. The quantitative estimate of drug-likeness (QED) is 0.522. The Bertz CT molecular complexity index is 1240. The van der Waals surface area contributed by atoms with Crippen LogP contribution in [0.1, 0.15) is 19.4 Å². The lowest BCUT2D eigenvalue weighted by Crippen LogP contribution is -2.42. The molecule has 0 unspecified atom stereocenters. The molecular formula is C20H20N4O5. The van der Waals surface area contributed by atoms with Crippen LogP contribution in [0.3, 0.4) is 0 Å². The molecule has 9 heteroatoms. The number of fused-ring (bicyclic) bond motifs is 1. The first-order valence-electron chi connectivity index (χ1n) is 8.99. The number of carbonyl (C=O) groups excluding carboxylic acids is 1. The van der Waals surface area contributed by atoms with Gasteiger partial charge in [-0.15, -0.1) is 0 Å². The number of nitrogens with zero attached hydrogens (tertiary/aromatic N) is 3. The Morgan fingerprint density at radius 3 is 2.55 bits per heavy atom. The van der Waals surface area contributed by atoms with E-state index in [1.807, 2.05) is 0 Å². The van der Waals surface area contributed by atoms with E-state index in [1.165, 1.54) is 22.8 Å². The number of aryl methyl sites for hydroxylation is 1. The Morgan fingerprint density at radius 2 is 1.90 bits per heavy atom. The summed E-state index contributed by atoms with van der Waals surface area (Å²) in [6, 6.07) is 10.1. The van der Waals surface area contributed by atoms with Gasteiger partial charge in [-0.3, -0.25) is 24.3 Å². The van der Waals surface area contributed by atoms with Crippen LogP contribution in [0.25, 0.3) is 16.6 Å². The molecule has 29 heavy (non-hydrogen) atoms. The minimum atomic E-state index is -0.745. The molecule has 3 aromatic rings. The van der Waals surface area contributed by atoms with Crippen molar-refractivity contribution in [3.05, 3.63) is 79.0 Å². The molecule has 0 spiro atoms. The normalized spacial score (nSPS) is 11.0. The lowest BCUT2D eigenvalue weighted by molar-refractivity contribution is -0.384. The third-order valence-electron chi connectivity index (χ3n) is 4.35. The predicted octanol–water partition coefficient (Wildman–Crippen LogP) is 1.89. The topological polar surface area (TPSA) is 116 Å². The number of hydrogen-bond acceptors (Lipinski definition) is 5. The van der Waals surface area contributed by atoms with Gasteiger partial charge in [0.1, 0.15) is 6.54 Å². The van der Waals surface area contributed by atoms with Crippen LogP contribution < -0.4 is 16.6 Å². The van der Waals surface area contributed by atoms with Gasteiger partial charge >= 0.3 is 5.69 Å². The molecule has 2 aromatic carbocycles. The Balaban J connectivity index is 2.32. The number of non-ortho nitro benzene ring substituents is 1. The van der Waals surface area contributed by atoms with Crippen LogP contribution in [0.5, 0.6) is 0 Å². The third kappa shape index (κ3) is 3.93. The van der Waals surface area contributed by atoms with Gasteiger partial charge in [0.15, 0.2) is 0 Å². The first-order valence-corrected chi connectivity index (χ1v) is 8.99. The van der Waals surface area contributed by atoms with Crippen molar-refractivity contribution in [2.24, 2.45) is 0 Å². The van der Waals surface area contributed by atoms with Crippen molar-refractivity contribution in [1.82, 2.24) is 14.5 Å². The smallest absolute Gasteiger partial charge is 0.336 e. The fourth-order valence-corrected chi connectivity index (χ4v) is 3.13. The molecule has 0 fully saturated rings. The zero-order chi connectivity index (χ0) is 21.3. The van der Waals surface area contributed by atoms with E-state index in [0.717, 1.165) is 16.2 Å². The van der Waals surface area contributed by atoms with E-state index < -0.39 is 16.2 Å². The maximum absolute atomic E-state index is 13.2. The highest BCUT2D eigenvalue weighted by molar-refractivity contribution is 5.82. The second kappa shape index (κ2) is 7.70. The van der Waals surface area contributed by atoms with Crippen LogP contribution in [-0.4, -0.2) is 26.0 Å². The van der Waals surface area contributed by atoms with Gasteiger partial charge in [-0.2, -0.15) is 0 Å². The number of amides is 1. The van der Waals surface area contributed by atoms with E-state index in [0.29, 0.717) is 5.52 Å². The molecule has 0 aliphatic rings.